The molecule has 19 heavy (non-hydrogen) atoms. The van der Waals surface area contributed by atoms with Gasteiger partial charge in [0.15, 0.2) is 0 Å². The molecule has 2 atom stereocenters. The van der Waals surface area contributed by atoms with Gasteiger partial charge in [-0.2, -0.15) is 0 Å². The van der Waals surface area contributed by atoms with Crippen molar-refractivity contribution in [3.63, 3.8) is 0 Å². The van der Waals surface area contributed by atoms with Gasteiger partial charge >= 0.3 is 0 Å². The standard InChI is InChI=1S/C15H20ClNS2/c1-10(2)9-11(3)17-15(12-5-4-8-18-12)13-6-7-14(16)19-13/h4-8,10-11,15,17H,9H2,1-3H3. The molecule has 0 fully saturated rings. The third-order valence-corrected chi connectivity index (χ3v) is 5.22. The van der Waals surface area contributed by atoms with Gasteiger partial charge in [-0.25, -0.2) is 0 Å². The van der Waals surface area contributed by atoms with E-state index in [1.165, 1.54) is 16.2 Å². The van der Waals surface area contributed by atoms with Gasteiger partial charge in [-0.15, -0.1) is 22.7 Å². The largest absolute Gasteiger partial charge is 0.302 e. The summed E-state index contributed by atoms with van der Waals surface area (Å²) in [6, 6.07) is 9.18. The molecule has 0 saturated carbocycles. The summed E-state index contributed by atoms with van der Waals surface area (Å²) in [4.78, 5) is 2.65. The predicted molar refractivity (Wildman–Crippen MR) is 87.5 cm³/mol. The maximum Gasteiger partial charge on any atom is 0.0931 e. The molecule has 104 valence electrons. The Morgan fingerprint density at radius 1 is 1.16 bits per heavy atom. The van der Waals surface area contributed by atoms with Crippen molar-refractivity contribution >= 4 is 34.3 Å². The summed E-state index contributed by atoms with van der Waals surface area (Å²) in [5.74, 6) is 0.707. The zero-order valence-electron chi connectivity index (χ0n) is 11.5. The molecule has 0 aliphatic carbocycles. The molecule has 0 aromatic carbocycles. The molecule has 0 spiro atoms. The highest BCUT2D eigenvalue weighted by Crippen LogP contribution is 2.33. The molecule has 2 heterocycles. The summed E-state index contributed by atoms with van der Waals surface area (Å²) in [5, 5.41) is 5.87. The number of halogens is 1. The van der Waals surface area contributed by atoms with Gasteiger partial charge in [0, 0.05) is 15.8 Å². The first-order chi connectivity index (χ1) is 9.06. The minimum Gasteiger partial charge on any atom is -0.302 e. The lowest BCUT2D eigenvalue weighted by molar-refractivity contribution is 0.421. The van der Waals surface area contributed by atoms with E-state index in [1.54, 1.807) is 22.7 Å². The van der Waals surface area contributed by atoms with E-state index in [4.69, 9.17) is 11.6 Å². The van der Waals surface area contributed by atoms with Crippen LogP contribution in [0, 0.1) is 5.92 Å². The van der Waals surface area contributed by atoms with Crippen LogP contribution in [0.4, 0.5) is 0 Å². The van der Waals surface area contributed by atoms with Crippen molar-refractivity contribution in [2.75, 3.05) is 0 Å². The van der Waals surface area contributed by atoms with Crippen LogP contribution >= 0.6 is 34.3 Å². The molecule has 0 aliphatic rings. The molecule has 0 saturated heterocycles. The van der Waals surface area contributed by atoms with Gasteiger partial charge in [-0.3, -0.25) is 0 Å². The van der Waals surface area contributed by atoms with E-state index < -0.39 is 0 Å². The second-order valence-electron chi connectivity index (χ2n) is 5.29. The van der Waals surface area contributed by atoms with Gasteiger partial charge in [0.05, 0.1) is 10.4 Å². The van der Waals surface area contributed by atoms with E-state index >= 15 is 0 Å². The Morgan fingerprint density at radius 3 is 2.47 bits per heavy atom. The van der Waals surface area contributed by atoms with E-state index in [2.05, 4.69) is 49.7 Å². The van der Waals surface area contributed by atoms with Crippen LogP contribution < -0.4 is 5.32 Å². The second-order valence-corrected chi connectivity index (χ2v) is 8.01. The van der Waals surface area contributed by atoms with Crippen LogP contribution in [0.25, 0.3) is 0 Å². The molecular weight excluding hydrogens is 294 g/mol. The third kappa shape index (κ3) is 4.32. The average molecular weight is 314 g/mol. The van der Waals surface area contributed by atoms with Gasteiger partial charge in [-0.1, -0.05) is 31.5 Å². The van der Waals surface area contributed by atoms with Gasteiger partial charge < -0.3 is 5.32 Å². The number of rotatable bonds is 6. The lowest BCUT2D eigenvalue weighted by atomic mass is 10.0. The van der Waals surface area contributed by atoms with Gasteiger partial charge in [0.2, 0.25) is 0 Å². The number of thiophene rings is 2. The van der Waals surface area contributed by atoms with E-state index in [-0.39, 0.29) is 6.04 Å². The molecule has 0 amide bonds. The Labute approximate surface area is 128 Å². The van der Waals surface area contributed by atoms with Crippen molar-refractivity contribution in [1.82, 2.24) is 5.32 Å². The van der Waals surface area contributed by atoms with Crippen LogP contribution in [0.3, 0.4) is 0 Å². The van der Waals surface area contributed by atoms with E-state index in [9.17, 15) is 0 Å². The Hall–Kier alpha value is -0.350. The lowest BCUT2D eigenvalue weighted by Crippen LogP contribution is -2.31. The van der Waals surface area contributed by atoms with Crippen LogP contribution in [-0.4, -0.2) is 6.04 Å². The SMILES string of the molecule is CC(C)CC(C)NC(c1cccs1)c1ccc(Cl)s1. The first kappa shape index (κ1) is 15.0. The zero-order valence-corrected chi connectivity index (χ0v) is 13.9. The minimum absolute atomic E-state index is 0.270. The summed E-state index contributed by atoms with van der Waals surface area (Å²) >= 11 is 9.54. The zero-order chi connectivity index (χ0) is 13.8. The molecular formula is C15H20ClNS2. The highest BCUT2D eigenvalue weighted by molar-refractivity contribution is 7.16. The molecule has 2 unspecified atom stereocenters. The van der Waals surface area contributed by atoms with Gasteiger partial charge in [-0.05, 0) is 42.8 Å². The van der Waals surface area contributed by atoms with Crippen LogP contribution in [0.2, 0.25) is 4.34 Å². The summed E-state index contributed by atoms with van der Waals surface area (Å²) in [6.45, 7) is 6.79. The van der Waals surface area contributed by atoms with Crippen LogP contribution in [0.15, 0.2) is 29.6 Å². The average Bonchev–Trinajstić information content (AvgIpc) is 2.95. The Kier molecular flexibility index (Phi) is 5.46. The summed E-state index contributed by atoms with van der Waals surface area (Å²) in [5.41, 5.74) is 0. The van der Waals surface area contributed by atoms with Crippen molar-refractivity contribution in [2.45, 2.75) is 39.3 Å². The van der Waals surface area contributed by atoms with Gasteiger partial charge in [0.1, 0.15) is 0 Å². The van der Waals surface area contributed by atoms with Gasteiger partial charge in [0.25, 0.3) is 0 Å². The molecule has 0 aliphatic heterocycles. The monoisotopic (exact) mass is 313 g/mol. The predicted octanol–water partition coefficient (Wildman–Crippen LogP) is 5.58. The van der Waals surface area contributed by atoms with Crippen LogP contribution in [0.5, 0.6) is 0 Å². The fourth-order valence-electron chi connectivity index (χ4n) is 2.30. The lowest BCUT2D eigenvalue weighted by Gasteiger charge is -2.23. The Morgan fingerprint density at radius 2 is 1.95 bits per heavy atom. The van der Waals surface area contributed by atoms with Crippen molar-refractivity contribution in [3.05, 3.63) is 43.7 Å². The number of hydrogen-bond donors (Lipinski definition) is 1. The molecule has 1 N–H and O–H groups in total. The Bertz CT molecular complexity index is 490. The Balaban J connectivity index is 2.16. The fourth-order valence-corrected chi connectivity index (χ4v) is 4.32. The quantitative estimate of drug-likeness (QED) is 0.734. The smallest absolute Gasteiger partial charge is 0.0931 e. The molecule has 2 aromatic heterocycles. The molecule has 1 nitrogen and oxygen atoms in total. The summed E-state index contributed by atoms with van der Waals surface area (Å²) in [7, 11) is 0. The van der Waals surface area contributed by atoms with E-state index in [0.717, 1.165) is 4.34 Å². The first-order valence-corrected chi connectivity index (χ1v) is 8.68. The van der Waals surface area contributed by atoms with Crippen LogP contribution in [0.1, 0.15) is 43.0 Å². The summed E-state index contributed by atoms with van der Waals surface area (Å²) < 4.78 is 0.856. The second kappa shape index (κ2) is 6.89. The van der Waals surface area contributed by atoms with Crippen molar-refractivity contribution in [3.8, 4) is 0 Å². The molecule has 4 heteroatoms. The molecule has 0 radical (unpaired) electrons. The van der Waals surface area contributed by atoms with E-state index in [0.29, 0.717) is 12.0 Å². The van der Waals surface area contributed by atoms with Crippen molar-refractivity contribution in [2.24, 2.45) is 5.92 Å². The molecule has 2 rings (SSSR count). The third-order valence-electron chi connectivity index (χ3n) is 2.98. The highest BCUT2D eigenvalue weighted by Gasteiger charge is 2.19. The first-order valence-electron chi connectivity index (χ1n) is 6.61. The molecule has 0 bridgehead atoms. The van der Waals surface area contributed by atoms with Crippen LogP contribution in [-0.2, 0) is 0 Å². The normalized spacial score (nSPS) is 14.8. The van der Waals surface area contributed by atoms with Crippen molar-refractivity contribution < 1.29 is 0 Å². The molecule has 2 aromatic rings. The number of hydrogen-bond acceptors (Lipinski definition) is 3. The maximum absolute atomic E-state index is 6.08. The summed E-state index contributed by atoms with van der Waals surface area (Å²) in [6.07, 6.45) is 1.18. The number of nitrogens with one attached hydrogen (secondary N) is 1. The highest BCUT2D eigenvalue weighted by atomic mass is 35.5. The maximum atomic E-state index is 6.08. The topological polar surface area (TPSA) is 12.0 Å². The minimum atomic E-state index is 0.270. The van der Waals surface area contributed by atoms with Crippen molar-refractivity contribution in [1.29, 1.82) is 0 Å². The fraction of sp³-hybridized carbons (Fsp3) is 0.467. The van der Waals surface area contributed by atoms with E-state index in [1.807, 2.05) is 6.07 Å².